The number of nitrogens with two attached hydrogens (primary N) is 1. The molecule has 0 amide bonds. The molecule has 3 rings (SSSR count). The van der Waals surface area contributed by atoms with E-state index in [1.807, 2.05) is 12.1 Å². The molecule has 15 heavy (non-hydrogen) atoms. The minimum Gasteiger partial charge on any atom is -0.398 e. The van der Waals surface area contributed by atoms with Crippen molar-refractivity contribution < 1.29 is 0 Å². The lowest BCUT2D eigenvalue weighted by Gasteiger charge is -2.01. The highest BCUT2D eigenvalue weighted by Gasteiger charge is 2.20. The molecule has 1 fully saturated rings. The third kappa shape index (κ3) is 1.73. The fraction of sp³-hybridized carbons (Fsp3) is 0.333. The van der Waals surface area contributed by atoms with Crippen LogP contribution in [0.5, 0.6) is 0 Å². The van der Waals surface area contributed by atoms with Gasteiger partial charge in [-0.3, -0.25) is 0 Å². The number of anilines is 1. The van der Waals surface area contributed by atoms with E-state index in [2.05, 4.69) is 16.8 Å². The van der Waals surface area contributed by atoms with E-state index in [0.29, 0.717) is 0 Å². The van der Waals surface area contributed by atoms with E-state index in [-0.39, 0.29) is 0 Å². The van der Waals surface area contributed by atoms with E-state index in [9.17, 15) is 0 Å². The number of nitrogens with one attached hydrogen (secondary N) is 1. The Morgan fingerprint density at radius 2 is 2.27 bits per heavy atom. The lowest BCUT2D eigenvalue weighted by Crippen LogP contribution is -2.14. The molecule has 0 spiro atoms. The number of nitrogen functional groups attached to an aromatic ring is 1. The van der Waals surface area contributed by atoms with Gasteiger partial charge in [-0.2, -0.15) is 0 Å². The zero-order valence-corrected chi connectivity index (χ0v) is 9.31. The van der Waals surface area contributed by atoms with Gasteiger partial charge in [0.1, 0.15) is 0 Å². The van der Waals surface area contributed by atoms with Crippen molar-refractivity contribution in [2.45, 2.75) is 25.4 Å². The van der Waals surface area contributed by atoms with Crippen molar-refractivity contribution >= 4 is 27.1 Å². The lowest BCUT2D eigenvalue weighted by atomic mass is 10.1. The van der Waals surface area contributed by atoms with Crippen LogP contribution in [0, 0.1) is 0 Å². The molecule has 0 unspecified atom stereocenters. The Hall–Kier alpha value is -1.06. The summed E-state index contributed by atoms with van der Waals surface area (Å²) in [5.74, 6) is 0. The minimum atomic E-state index is 0.765. The molecule has 0 aliphatic heterocycles. The van der Waals surface area contributed by atoms with Crippen molar-refractivity contribution in [3.63, 3.8) is 0 Å². The van der Waals surface area contributed by atoms with Crippen molar-refractivity contribution in [2.75, 3.05) is 5.73 Å². The zero-order valence-electron chi connectivity index (χ0n) is 8.49. The van der Waals surface area contributed by atoms with Crippen molar-refractivity contribution in [1.29, 1.82) is 0 Å². The van der Waals surface area contributed by atoms with Gasteiger partial charge in [0.25, 0.3) is 0 Å². The molecule has 0 radical (unpaired) electrons. The normalized spacial score (nSPS) is 16.0. The van der Waals surface area contributed by atoms with Crippen molar-refractivity contribution in [1.82, 2.24) is 5.32 Å². The van der Waals surface area contributed by atoms with Crippen molar-refractivity contribution in [2.24, 2.45) is 0 Å². The van der Waals surface area contributed by atoms with Gasteiger partial charge in [-0.25, -0.2) is 0 Å². The van der Waals surface area contributed by atoms with Crippen LogP contribution in [0.4, 0.5) is 5.69 Å². The van der Waals surface area contributed by atoms with Crippen LogP contribution >= 0.6 is 11.3 Å². The molecular weight excluding hydrogens is 204 g/mol. The molecule has 3 N–H and O–H groups in total. The fourth-order valence-electron chi connectivity index (χ4n) is 1.81. The van der Waals surface area contributed by atoms with Crippen LogP contribution in [0.3, 0.4) is 0 Å². The highest BCUT2D eigenvalue weighted by Crippen LogP contribution is 2.31. The number of rotatable bonds is 3. The summed E-state index contributed by atoms with van der Waals surface area (Å²) in [4.78, 5) is 0. The summed E-state index contributed by atoms with van der Waals surface area (Å²) >= 11 is 1.75. The molecule has 78 valence electrons. The summed E-state index contributed by atoms with van der Waals surface area (Å²) in [5, 5.41) is 7.07. The topological polar surface area (TPSA) is 38.0 Å². The molecule has 1 aliphatic rings. The van der Waals surface area contributed by atoms with Gasteiger partial charge < -0.3 is 11.1 Å². The molecule has 0 bridgehead atoms. The number of hydrogen-bond donors (Lipinski definition) is 2. The van der Waals surface area contributed by atoms with E-state index < -0.39 is 0 Å². The van der Waals surface area contributed by atoms with Crippen LogP contribution in [0.25, 0.3) is 10.1 Å². The van der Waals surface area contributed by atoms with Crippen LogP contribution in [-0.2, 0) is 6.54 Å². The quantitative estimate of drug-likeness (QED) is 0.777. The fourth-order valence-corrected chi connectivity index (χ4v) is 2.81. The smallest absolute Gasteiger partial charge is 0.0575 e. The van der Waals surface area contributed by atoms with Gasteiger partial charge in [-0.05, 0) is 35.2 Å². The van der Waals surface area contributed by atoms with Gasteiger partial charge in [0.2, 0.25) is 0 Å². The van der Waals surface area contributed by atoms with Crippen LogP contribution in [-0.4, -0.2) is 6.04 Å². The Morgan fingerprint density at radius 3 is 3.07 bits per heavy atom. The van der Waals surface area contributed by atoms with Crippen LogP contribution < -0.4 is 11.1 Å². The van der Waals surface area contributed by atoms with Gasteiger partial charge in [-0.15, -0.1) is 11.3 Å². The monoisotopic (exact) mass is 218 g/mol. The summed E-state index contributed by atoms with van der Waals surface area (Å²) in [6.07, 6.45) is 2.68. The first kappa shape index (κ1) is 9.19. The first-order chi connectivity index (χ1) is 7.34. The first-order valence-corrected chi connectivity index (χ1v) is 6.20. The Bertz CT molecular complexity index is 485. The third-order valence-corrected chi connectivity index (χ3v) is 3.96. The van der Waals surface area contributed by atoms with Gasteiger partial charge in [-0.1, -0.05) is 12.1 Å². The summed E-state index contributed by atoms with van der Waals surface area (Å²) in [5.41, 5.74) is 8.21. The summed E-state index contributed by atoms with van der Waals surface area (Å²) in [7, 11) is 0. The van der Waals surface area contributed by atoms with Crippen LogP contribution in [0.1, 0.15) is 18.4 Å². The molecule has 2 nitrogen and oxygen atoms in total. The summed E-state index contributed by atoms with van der Waals surface area (Å²) < 4.78 is 1.23. The number of benzene rings is 1. The number of fused-ring (bicyclic) bond motifs is 1. The second-order valence-electron chi connectivity index (χ2n) is 4.14. The highest BCUT2D eigenvalue weighted by atomic mass is 32.1. The Kier molecular flexibility index (Phi) is 2.15. The minimum absolute atomic E-state index is 0.765. The van der Waals surface area contributed by atoms with E-state index in [1.54, 1.807) is 11.3 Å². The van der Waals surface area contributed by atoms with Crippen molar-refractivity contribution in [3.8, 4) is 0 Å². The molecule has 1 aliphatic carbocycles. The molecular formula is C12H14N2S. The molecule has 3 heteroatoms. The molecule has 1 aromatic heterocycles. The Morgan fingerprint density at radius 1 is 1.40 bits per heavy atom. The SMILES string of the molecule is Nc1cccc2c(CNC3CC3)csc12. The molecule has 1 heterocycles. The summed E-state index contributed by atoms with van der Waals surface area (Å²) in [6.45, 7) is 0.980. The van der Waals surface area contributed by atoms with Crippen LogP contribution in [0.2, 0.25) is 0 Å². The number of thiophene rings is 1. The first-order valence-electron chi connectivity index (χ1n) is 5.32. The highest BCUT2D eigenvalue weighted by molar-refractivity contribution is 7.18. The maximum Gasteiger partial charge on any atom is 0.0575 e. The average molecular weight is 218 g/mol. The lowest BCUT2D eigenvalue weighted by molar-refractivity contribution is 0.692. The van der Waals surface area contributed by atoms with Gasteiger partial charge >= 0.3 is 0 Å². The van der Waals surface area contributed by atoms with Crippen LogP contribution in [0.15, 0.2) is 23.6 Å². The second-order valence-corrected chi connectivity index (χ2v) is 5.02. The number of hydrogen-bond acceptors (Lipinski definition) is 3. The molecule has 0 saturated heterocycles. The third-order valence-electron chi connectivity index (χ3n) is 2.87. The Balaban J connectivity index is 1.92. The maximum atomic E-state index is 5.93. The zero-order chi connectivity index (χ0) is 10.3. The standard InChI is InChI=1S/C12H14N2S/c13-11-3-1-2-10-8(7-15-12(10)11)6-14-9-4-5-9/h1-3,7,9,14H,4-6,13H2. The molecule has 0 atom stereocenters. The van der Waals surface area contributed by atoms with Gasteiger partial charge in [0, 0.05) is 18.3 Å². The van der Waals surface area contributed by atoms with E-state index in [0.717, 1.165) is 18.3 Å². The molecule has 1 saturated carbocycles. The maximum absolute atomic E-state index is 5.93. The molecule has 2 aromatic rings. The summed E-state index contributed by atoms with van der Waals surface area (Å²) in [6, 6.07) is 6.93. The van der Waals surface area contributed by atoms with E-state index in [4.69, 9.17) is 5.73 Å². The predicted molar refractivity (Wildman–Crippen MR) is 66.1 cm³/mol. The second kappa shape index (κ2) is 3.51. The van der Waals surface area contributed by atoms with E-state index in [1.165, 1.54) is 28.5 Å². The van der Waals surface area contributed by atoms with Crippen molar-refractivity contribution in [3.05, 3.63) is 29.1 Å². The van der Waals surface area contributed by atoms with Gasteiger partial charge in [0.05, 0.1) is 4.70 Å². The van der Waals surface area contributed by atoms with E-state index >= 15 is 0 Å². The predicted octanol–water partition coefficient (Wildman–Crippen LogP) is 2.74. The Labute approximate surface area is 93.1 Å². The average Bonchev–Trinajstić information content (AvgIpc) is 2.97. The molecule has 1 aromatic carbocycles. The largest absolute Gasteiger partial charge is 0.398 e. The van der Waals surface area contributed by atoms with Gasteiger partial charge in [0.15, 0.2) is 0 Å².